The fraction of sp³-hybridized carbons (Fsp3) is 0.750. The molecule has 0 fully saturated rings. The Morgan fingerprint density at radius 2 is 2.30 bits per heavy atom. The van der Waals surface area contributed by atoms with Crippen molar-refractivity contribution in [3.05, 3.63) is 6.42 Å². The largest absolute Gasteiger partial charge is 0.234 e. The Kier molecular flexibility index (Phi) is 7.86. The maximum atomic E-state index is 9.58. The lowest BCUT2D eigenvalue weighted by Crippen LogP contribution is -1.82. The molecule has 0 unspecified atom stereocenters. The highest BCUT2D eigenvalue weighted by molar-refractivity contribution is 5.32. The van der Waals surface area contributed by atoms with E-state index >= 15 is 0 Å². The van der Waals surface area contributed by atoms with Crippen LogP contribution in [-0.4, -0.2) is 12.6 Å². The lowest BCUT2D eigenvalue weighted by atomic mass is 10.2. The highest BCUT2D eigenvalue weighted by Gasteiger charge is 1.86. The van der Waals surface area contributed by atoms with Gasteiger partial charge < -0.3 is 0 Å². The van der Waals surface area contributed by atoms with Gasteiger partial charge in [-0.15, -0.1) is 0 Å². The fourth-order valence-electron chi connectivity index (χ4n) is 0.732. The summed E-state index contributed by atoms with van der Waals surface area (Å²) in [7, 11) is 0. The number of rotatable bonds is 6. The van der Waals surface area contributed by atoms with Crippen molar-refractivity contribution in [1.29, 1.82) is 0 Å². The molecule has 2 nitrogen and oxygen atoms in total. The van der Waals surface area contributed by atoms with E-state index in [1.807, 2.05) is 6.42 Å². The van der Waals surface area contributed by atoms with E-state index in [9.17, 15) is 4.79 Å². The van der Waals surface area contributed by atoms with Gasteiger partial charge in [0.1, 0.15) is 0 Å². The Balaban J connectivity index is 2.83. The Labute approximate surface area is 62.4 Å². The molecule has 0 aromatic heterocycles. The summed E-state index contributed by atoms with van der Waals surface area (Å²) in [5.74, 6) is 0. The van der Waals surface area contributed by atoms with E-state index in [0.717, 1.165) is 6.42 Å². The van der Waals surface area contributed by atoms with Gasteiger partial charge in [-0.3, -0.25) is 0 Å². The molecule has 0 rings (SSSR count). The van der Waals surface area contributed by atoms with E-state index in [-0.39, 0.29) is 0 Å². The van der Waals surface area contributed by atoms with Crippen molar-refractivity contribution in [2.24, 2.45) is 4.99 Å². The summed E-state index contributed by atoms with van der Waals surface area (Å²) in [6.45, 7) is 2.71. The van der Waals surface area contributed by atoms with Crippen molar-refractivity contribution in [2.45, 2.75) is 32.6 Å². The molecule has 0 aliphatic heterocycles. The first-order valence-electron chi connectivity index (χ1n) is 3.77. The Hall–Kier alpha value is -0.620. The number of carbonyl (C=O) groups excluding carboxylic acids is 1. The molecule has 0 saturated heterocycles. The number of nitrogens with zero attached hydrogens (tertiary/aromatic N) is 1. The summed E-state index contributed by atoms with van der Waals surface area (Å²) in [6.07, 6.45) is 8.30. The molecule has 0 aliphatic carbocycles. The van der Waals surface area contributed by atoms with Crippen molar-refractivity contribution in [2.75, 3.05) is 6.54 Å². The second-order valence-corrected chi connectivity index (χ2v) is 2.22. The Bertz CT molecular complexity index is 106. The number of unbranched alkanes of at least 4 members (excludes halogenated alkanes) is 4. The van der Waals surface area contributed by atoms with E-state index in [0.29, 0.717) is 6.54 Å². The summed E-state index contributed by atoms with van der Waals surface area (Å²) >= 11 is 0. The smallest absolute Gasteiger partial charge is 0.211 e. The van der Waals surface area contributed by atoms with E-state index in [1.165, 1.54) is 25.3 Å². The maximum absolute atomic E-state index is 9.58. The minimum atomic E-state index is 0.535. The SMILES string of the molecule is CCCCC[CH]CN=C=O. The van der Waals surface area contributed by atoms with Gasteiger partial charge in [0.05, 0.1) is 6.54 Å². The first kappa shape index (κ1) is 9.38. The highest BCUT2D eigenvalue weighted by atomic mass is 16.1. The molecule has 0 bridgehead atoms. The van der Waals surface area contributed by atoms with Crippen LogP contribution in [0.5, 0.6) is 0 Å². The number of aliphatic imine (C=N–C) groups is 1. The lowest BCUT2D eigenvalue weighted by Gasteiger charge is -1.93. The van der Waals surface area contributed by atoms with E-state index in [2.05, 4.69) is 11.9 Å². The van der Waals surface area contributed by atoms with Gasteiger partial charge >= 0.3 is 0 Å². The topological polar surface area (TPSA) is 29.4 Å². The zero-order chi connectivity index (χ0) is 7.66. The maximum Gasteiger partial charge on any atom is 0.234 e. The lowest BCUT2D eigenvalue weighted by molar-refractivity contribution is 0.563. The summed E-state index contributed by atoms with van der Waals surface area (Å²) < 4.78 is 0. The Morgan fingerprint density at radius 3 is 2.90 bits per heavy atom. The van der Waals surface area contributed by atoms with E-state index in [4.69, 9.17) is 0 Å². The minimum absolute atomic E-state index is 0.535. The predicted molar refractivity (Wildman–Crippen MR) is 41.4 cm³/mol. The second-order valence-electron chi connectivity index (χ2n) is 2.22. The second kappa shape index (κ2) is 8.38. The third-order valence-corrected chi connectivity index (χ3v) is 1.30. The van der Waals surface area contributed by atoms with Crippen LogP contribution in [-0.2, 0) is 4.79 Å². The first-order chi connectivity index (χ1) is 4.91. The standard InChI is InChI=1S/C8H14NO/c1-2-3-4-5-6-7-9-8-10/h6H,2-5,7H2,1H3. The first-order valence-corrected chi connectivity index (χ1v) is 3.77. The molecule has 0 aromatic carbocycles. The third-order valence-electron chi connectivity index (χ3n) is 1.30. The van der Waals surface area contributed by atoms with Gasteiger partial charge in [0.25, 0.3) is 0 Å². The summed E-state index contributed by atoms with van der Waals surface area (Å²) in [4.78, 5) is 13.0. The normalized spacial score (nSPS) is 8.90. The van der Waals surface area contributed by atoms with Gasteiger partial charge in [0, 0.05) is 0 Å². The van der Waals surface area contributed by atoms with Crippen LogP contribution < -0.4 is 0 Å². The molecule has 0 atom stereocenters. The summed E-state index contributed by atoms with van der Waals surface area (Å²) in [5.41, 5.74) is 0. The number of hydrogen-bond donors (Lipinski definition) is 0. The number of hydrogen-bond acceptors (Lipinski definition) is 2. The molecule has 0 amide bonds. The van der Waals surface area contributed by atoms with Gasteiger partial charge in [-0.1, -0.05) is 26.2 Å². The van der Waals surface area contributed by atoms with Crippen LogP contribution in [0, 0.1) is 6.42 Å². The molecule has 57 valence electrons. The van der Waals surface area contributed by atoms with E-state index < -0.39 is 0 Å². The monoisotopic (exact) mass is 140 g/mol. The molecule has 2 heteroatoms. The minimum Gasteiger partial charge on any atom is -0.211 e. The molecule has 10 heavy (non-hydrogen) atoms. The van der Waals surface area contributed by atoms with Crippen LogP contribution in [0.3, 0.4) is 0 Å². The van der Waals surface area contributed by atoms with Crippen LogP contribution in [0.2, 0.25) is 0 Å². The quantitative estimate of drug-likeness (QED) is 0.315. The van der Waals surface area contributed by atoms with Crippen molar-refractivity contribution in [1.82, 2.24) is 0 Å². The van der Waals surface area contributed by atoms with Crippen LogP contribution in [0.25, 0.3) is 0 Å². The summed E-state index contributed by atoms with van der Waals surface area (Å²) in [6, 6.07) is 0. The van der Waals surface area contributed by atoms with Gasteiger partial charge in [-0.05, 0) is 12.8 Å². The van der Waals surface area contributed by atoms with E-state index in [1.54, 1.807) is 0 Å². The molecular formula is C8H14NO. The van der Waals surface area contributed by atoms with Crippen LogP contribution in [0.15, 0.2) is 4.99 Å². The van der Waals surface area contributed by atoms with Crippen molar-refractivity contribution >= 4 is 6.08 Å². The molecule has 0 spiro atoms. The predicted octanol–water partition coefficient (Wildman–Crippen LogP) is 2.11. The van der Waals surface area contributed by atoms with Crippen molar-refractivity contribution in [3.63, 3.8) is 0 Å². The van der Waals surface area contributed by atoms with Crippen LogP contribution >= 0.6 is 0 Å². The van der Waals surface area contributed by atoms with Gasteiger partial charge in [-0.2, -0.15) is 0 Å². The zero-order valence-corrected chi connectivity index (χ0v) is 6.47. The van der Waals surface area contributed by atoms with Gasteiger partial charge in [0.15, 0.2) is 0 Å². The average molecular weight is 140 g/mol. The molecule has 0 saturated carbocycles. The van der Waals surface area contributed by atoms with Crippen LogP contribution in [0.1, 0.15) is 32.6 Å². The molecule has 1 radical (unpaired) electrons. The fourth-order valence-corrected chi connectivity index (χ4v) is 0.732. The molecule has 0 N–H and O–H groups in total. The molecule has 0 aromatic rings. The average Bonchev–Trinajstić information content (AvgIpc) is 1.97. The zero-order valence-electron chi connectivity index (χ0n) is 6.47. The van der Waals surface area contributed by atoms with Gasteiger partial charge in [-0.25, -0.2) is 9.79 Å². The number of isocyanates is 1. The third kappa shape index (κ3) is 7.38. The Morgan fingerprint density at radius 1 is 1.50 bits per heavy atom. The van der Waals surface area contributed by atoms with Crippen molar-refractivity contribution < 1.29 is 4.79 Å². The molecule has 0 heterocycles. The van der Waals surface area contributed by atoms with Crippen LogP contribution in [0.4, 0.5) is 0 Å². The molecular weight excluding hydrogens is 126 g/mol. The molecule has 0 aliphatic rings. The highest BCUT2D eigenvalue weighted by Crippen LogP contribution is 2.00. The summed E-state index contributed by atoms with van der Waals surface area (Å²) in [5, 5.41) is 0. The van der Waals surface area contributed by atoms with Gasteiger partial charge in [0.2, 0.25) is 6.08 Å². The van der Waals surface area contributed by atoms with Crippen molar-refractivity contribution in [3.8, 4) is 0 Å².